The van der Waals surface area contributed by atoms with Crippen LogP contribution >= 0.6 is 0 Å². The summed E-state index contributed by atoms with van der Waals surface area (Å²) in [6, 6.07) is 8.78. The van der Waals surface area contributed by atoms with Gasteiger partial charge < -0.3 is 56.5 Å². The van der Waals surface area contributed by atoms with Gasteiger partial charge >= 0.3 is 5.97 Å². The second-order valence-corrected chi connectivity index (χ2v) is 26.9. The van der Waals surface area contributed by atoms with Crippen molar-refractivity contribution in [1.29, 1.82) is 0 Å². The molecule has 0 radical (unpaired) electrons. The van der Waals surface area contributed by atoms with E-state index in [0.29, 0.717) is 79.6 Å². The minimum atomic E-state index is -5.41. The van der Waals surface area contributed by atoms with Crippen molar-refractivity contribution in [2.45, 2.75) is 89.2 Å². The number of carboxylic acid groups (broad SMARTS) is 1. The van der Waals surface area contributed by atoms with Crippen LogP contribution in [0, 0.1) is 0 Å². The zero-order valence-corrected chi connectivity index (χ0v) is 49.9. The van der Waals surface area contributed by atoms with E-state index in [1.165, 1.54) is 25.3 Å². The van der Waals surface area contributed by atoms with E-state index < -0.39 is 92.7 Å². The first-order valence-electron chi connectivity index (χ1n) is 26.0. The largest absolute Gasteiger partial charge is 0.748 e. The molecule has 2 unspecified atom stereocenters. The molecule has 0 bridgehead atoms. The maximum Gasteiger partial charge on any atom is 0.303 e. The molecule has 6 rings (SSSR count). The molecule has 2 aliphatic heterocycles. The van der Waals surface area contributed by atoms with Gasteiger partial charge in [-0.15, -0.1) is 0 Å². The number of anilines is 1. The van der Waals surface area contributed by atoms with Crippen molar-refractivity contribution in [2.24, 2.45) is 0 Å². The Bertz CT molecular complexity index is 3820. The summed E-state index contributed by atoms with van der Waals surface area (Å²) in [5.74, 6) is -1.83. The molecule has 456 valence electrons. The molecular weight excluding hydrogens is 1190 g/mol. The highest BCUT2D eigenvalue weighted by atomic mass is 32.2. The number of methoxy groups -OCH3 is 2. The number of allylic oxidation sites excluding steroid dienone is 8. The molecule has 4 aromatic rings. The maximum atomic E-state index is 12.7. The van der Waals surface area contributed by atoms with Crippen molar-refractivity contribution in [1.82, 2.24) is 0 Å². The van der Waals surface area contributed by atoms with E-state index in [2.05, 4.69) is 0 Å². The van der Waals surface area contributed by atoms with E-state index >= 15 is 0 Å². The van der Waals surface area contributed by atoms with Gasteiger partial charge in [0.15, 0.2) is 5.71 Å². The highest BCUT2D eigenvalue weighted by Gasteiger charge is 2.49. The molecule has 83 heavy (non-hydrogen) atoms. The number of benzene rings is 4. The summed E-state index contributed by atoms with van der Waals surface area (Å²) in [7, 11) is -23.2. The third kappa shape index (κ3) is 16.6. The molecule has 0 saturated carbocycles. The van der Waals surface area contributed by atoms with Crippen molar-refractivity contribution < 1.29 is 103 Å². The van der Waals surface area contributed by atoms with Crippen LogP contribution < -0.4 is 4.90 Å². The molecule has 24 nitrogen and oxygen atoms in total. The van der Waals surface area contributed by atoms with Crippen molar-refractivity contribution in [3.05, 3.63) is 108 Å². The van der Waals surface area contributed by atoms with Gasteiger partial charge in [0.1, 0.15) is 47.0 Å². The number of rotatable bonds is 33. The van der Waals surface area contributed by atoms with Gasteiger partial charge in [-0.05, 0) is 110 Å². The minimum Gasteiger partial charge on any atom is -0.748 e. The van der Waals surface area contributed by atoms with E-state index in [0.717, 1.165) is 12.1 Å². The second-order valence-electron chi connectivity index (χ2n) is 19.9. The zero-order chi connectivity index (χ0) is 61.2. The van der Waals surface area contributed by atoms with E-state index in [9.17, 15) is 74.8 Å². The van der Waals surface area contributed by atoms with Gasteiger partial charge in [0, 0.05) is 85.9 Å². The molecule has 0 aromatic heterocycles. The lowest BCUT2D eigenvalue weighted by Crippen LogP contribution is -2.32. The standard InChI is InChI=1S/C54H68N2O22S5/c1-53(21-13-33-79(59,60)61)48(55(23-12-8-11-16-50(57)58)44-19-17-40-42(51(44)53)34-38(80(62,63)64)36-46(40)82(68,69)70)14-9-6-5-7-10-15-49-54(2,22-25-76-29-30-78-32-31-77-28-27-75-4)52-43-35-39(81(65,66)67)37-47(83(71,72)73)41(43)18-20-45(52)56(49)24-26-74-3/h5-7,9-10,14-15,17-20,34-37H,8,11-13,16,21-33H2,1-4H3,(H5-,57,58,59,60,61,62,63,64,65,66,67,68,69,70,71,72,73)/p-4. The Morgan fingerprint density at radius 2 is 1.11 bits per heavy atom. The Balaban J connectivity index is 1.44. The van der Waals surface area contributed by atoms with Crippen molar-refractivity contribution in [3.63, 3.8) is 0 Å². The summed E-state index contributed by atoms with van der Waals surface area (Å²) in [6.07, 6.45) is 12.5. The molecule has 0 aliphatic carbocycles. The summed E-state index contributed by atoms with van der Waals surface area (Å²) >= 11 is 0. The fourth-order valence-corrected chi connectivity index (χ4v) is 13.8. The van der Waals surface area contributed by atoms with Crippen LogP contribution in [0.1, 0.15) is 69.9 Å². The van der Waals surface area contributed by atoms with Gasteiger partial charge in [0.2, 0.25) is 5.69 Å². The summed E-state index contributed by atoms with van der Waals surface area (Å²) in [6.45, 7) is 5.93. The number of carbonyl (C=O) groups is 1. The number of hydrogen-bond donors (Lipinski definition) is 1. The average molecular weight is 1250 g/mol. The molecule has 0 amide bonds. The number of aliphatic carboxylic acids is 1. The molecular formula is C54H64N2O22S5-4. The first kappa shape index (κ1) is 66.8. The van der Waals surface area contributed by atoms with Crippen LogP contribution in [0.2, 0.25) is 0 Å². The lowest BCUT2D eigenvalue weighted by molar-refractivity contribution is -0.438. The van der Waals surface area contributed by atoms with E-state index in [1.807, 2.05) is 11.8 Å². The van der Waals surface area contributed by atoms with Gasteiger partial charge in [-0.2, -0.15) is 4.58 Å². The first-order chi connectivity index (χ1) is 38.9. The summed E-state index contributed by atoms with van der Waals surface area (Å²) in [5.41, 5.74) is 0.00786. The molecule has 4 aromatic carbocycles. The van der Waals surface area contributed by atoms with Crippen molar-refractivity contribution >= 4 is 95.2 Å². The van der Waals surface area contributed by atoms with Gasteiger partial charge in [0.25, 0.3) is 0 Å². The van der Waals surface area contributed by atoms with Crippen LogP contribution in [0.15, 0.2) is 116 Å². The molecule has 0 spiro atoms. The minimum absolute atomic E-state index is 0.0234. The van der Waals surface area contributed by atoms with Crippen LogP contribution in [0.4, 0.5) is 11.4 Å². The van der Waals surface area contributed by atoms with Crippen molar-refractivity contribution in [3.8, 4) is 0 Å². The predicted molar refractivity (Wildman–Crippen MR) is 298 cm³/mol. The molecule has 2 atom stereocenters. The van der Waals surface area contributed by atoms with Crippen molar-refractivity contribution in [2.75, 3.05) is 90.8 Å². The molecule has 2 heterocycles. The third-order valence-electron chi connectivity index (χ3n) is 14.3. The number of hydrogen-bond acceptors (Lipinski definition) is 22. The van der Waals surface area contributed by atoms with Gasteiger partial charge in [0.05, 0.1) is 81.4 Å². The summed E-state index contributed by atoms with van der Waals surface area (Å²) in [4.78, 5) is 9.39. The van der Waals surface area contributed by atoms with Crippen LogP contribution in [-0.4, -0.2) is 172 Å². The van der Waals surface area contributed by atoms with Crippen LogP contribution in [0.5, 0.6) is 0 Å². The van der Waals surface area contributed by atoms with Crippen LogP contribution in [0.25, 0.3) is 21.5 Å². The molecule has 29 heteroatoms. The average Bonchev–Trinajstić information content (AvgIpc) is 1.72. The van der Waals surface area contributed by atoms with E-state index in [1.54, 1.807) is 67.2 Å². The third-order valence-corrected chi connectivity index (χ3v) is 18.5. The smallest absolute Gasteiger partial charge is 0.303 e. The molecule has 2 aliphatic rings. The maximum absolute atomic E-state index is 12.7. The zero-order valence-electron chi connectivity index (χ0n) is 45.8. The van der Waals surface area contributed by atoms with Crippen LogP contribution in [-0.2, 0) is 89.9 Å². The number of fused-ring (bicyclic) bond motifs is 6. The fraction of sp³-hybridized carbons (Fsp3) is 0.444. The summed E-state index contributed by atoms with van der Waals surface area (Å²) in [5, 5.41) is 8.86. The number of carboxylic acids is 1. The Hall–Kier alpha value is -5.35. The normalized spacial score (nSPS) is 18.6. The topological polar surface area (TPSA) is 376 Å². The van der Waals surface area contributed by atoms with E-state index in [4.69, 9.17) is 23.7 Å². The molecule has 0 saturated heterocycles. The molecule has 0 fully saturated rings. The SMILES string of the molecule is COCCOCCOCCOCCC1(C)\C(=C/C=C/C=C/C=C/C2=[N+](CCCCCC(=O)O)c3ccc4c(S(=O)(=O)[O-])cc(S(=O)(=O)[O-])cc4c3C2(C)CCCS(=O)(=O)[O-])N(CCOC)c2ccc3c(S(=O)(=O)[O-])cc(S(=O)(=O)[O-])cc3c21. The highest BCUT2D eigenvalue weighted by molar-refractivity contribution is 7.87. The quantitative estimate of drug-likeness (QED) is 0.0284. The first-order valence-corrected chi connectivity index (χ1v) is 33.2. The number of unbranched alkanes of at least 4 members (excludes halogenated alkanes) is 2. The highest BCUT2D eigenvalue weighted by Crippen LogP contribution is 2.54. The Kier molecular flexibility index (Phi) is 22.4. The number of ether oxygens (including phenoxy) is 5. The van der Waals surface area contributed by atoms with Gasteiger partial charge in [-0.25, -0.2) is 42.1 Å². The number of nitrogens with zero attached hydrogens (tertiary/aromatic N) is 2. The molecule has 1 N–H and O–H groups in total. The Labute approximate surface area is 483 Å². The lowest BCUT2D eigenvalue weighted by Gasteiger charge is -2.31. The van der Waals surface area contributed by atoms with E-state index in [-0.39, 0.29) is 98.9 Å². The monoisotopic (exact) mass is 1250 g/mol. The van der Waals surface area contributed by atoms with Gasteiger partial charge in [-0.1, -0.05) is 36.4 Å². The van der Waals surface area contributed by atoms with Gasteiger partial charge in [-0.3, -0.25) is 4.79 Å². The Morgan fingerprint density at radius 1 is 0.578 bits per heavy atom. The Morgan fingerprint density at radius 3 is 1.65 bits per heavy atom. The summed E-state index contributed by atoms with van der Waals surface area (Å²) < 4.78 is 216. The predicted octanol–water partition coefficient (Wildman–Crippen LogP) is 5.00. The lowest BCUT2D eigenvalue weighted by atomic mass is 9.74. The fourth-order valence-electron chi connectivity index (χ4n) is 10.6. The van der Waals surface area contributed by atoms with Crippen LogP contribution in [0.3, 0.4) is 0 Å². The second kappa shape index (κ2) is 27.8.